The van der Waals surface area contributed by atoms with Gasteiger partial charge in [0, 0.05) is 18.7 Å². The molecule has 0 spiro atoms. The average Bonchev–Trinajstić information content (AvgIpc) is 2.61. The summed E-state index contributed by atoms with van der Waals surface area (Å²) >= 11 is 0. The molecule has 2 aromatic rings. The van der Waals surface area contributed by atoms with E-state index in [-0.39, 0.29) is 0 Å². The van der Waals surface area contributed by atoms with Gasteiger partial charge in [-0.05, 0) is 36.6 Å². The lowest BCUT2D eigenvalue weighted by molar-refractivity contribution is 0.112. The predicted octanol–water partition coefficient (Wildman–Crippen LogP) is 3.91. The number of fused-ring (bicyclic) bond motifs is 1. The van der Waals surface area contributed by atoms with Crippen LogP contribution in [-0.2, 0) is 13.0 Å². The van der Waals surface area contributed by atoms with Crippen molar-refractivity contribution in [1.29, 1.82) is 0 Å². The molecule has 3 rings (SSSR count). The maximum Gasteiger partial charge on any atom is 0.126 e. The average molecular weight is 311 g/mol. The first-order chi connectivity index (χ1) is 11.3. The minimum Gasteiger partial charge on any atom is -0.497 e. The van der Waals surface area contributed by atoms with Crippen LogP contribution in [0.4, 0.5) is 0 Å². The van der Waals surface area contributed by atoms with Crippen LogP contribution in [0.25, 0.3) is 0 Å². The van der Waals surface area contributed by atoms with Crippen LogP contribution in [0.5, 0.6) is 11.5 Å². The van der Waals surface area contributed by atoms with Crippen molar-refractivity contribution < 1.29 is 9.47 Å². The molecule has 0 unspecified atom stereocenters. The van der Waals surface area contributed by atoms with Gasteiger partial charge in [-0.25, -0.2) is 0 Å². The van der Waals surface area contributed by atoms with E-state index in [0.717, 1.165) is 44.0 Å². The van der Waals surface area contributed by atoms with Crippen LogP contribution in [0.3, 0.4) is 0 Å². The van der Waals surface area contributed by atoms with Gasteiger partial charge in [-0.2, -0.15) is 0 Å². The van der Waals surface area contributed by atoms with Gasteiger partial charge >= 0.3 is 0 Å². The van der Waals surface area contributed by atoms with Gasteiger partial charge in [-0.1, -0.05) is 43.3 Å². The number of ether oxygens (including phenoxy) is 2. The van der Waals surface area contributed by atoms with Crippen LogP contribution >= 0.6 is 0 Å². The third-order valence-electron chi connectivity index (χ3n) is 4.42. The van der Waals surface area contributed by atoms with E-state index in [1.54, 1.807) is 7.11 Å². The van der Waals surface area contributed by atoms with E-state index >= 15 is 0 Å². The summed E-state index contributed by atoms with van der Waals surface area (Å²) in [4.78, 5) is 2.54. The number of rotatable bonds is 6. The van der Waals surface area contributed by atoms with E-state index in [9.17, 15) is 0 Å². The highest BCUT2D eigenvalue weighted by Gasteiger charge is 2.25. The molecule has 2 aromatic carbocycles. The van der Waals surface area contributed by atoms with Crippen molar-refractivity contribution in [2.75, 3.05) is 20.3 Å². The summed E-state index contributed by atoms with van der Waals surface area (Å²) in [5, 5.41) is 0. The molecule has 3 heteroatoms. The lowest BCUT2D eigenvalue weighted by Gasteiger charge is -2.35. The number of hydrogen-bond acceptors (Lipinski definition) is 3. The Kier molecular flexibility index (Phi) is 5.19. The van der Waals surface area contributed by atoms with Crippen molar-refractivity contribution in [3.05, 3.63) is 59.7 Å². The molecule has 0 aliphatic carbocycles. The van der Waals surface area contributed by atoms with E-state index in [4.69, 9.17) is 9.47 Å². The molecular weight excluding hydrogens is 286 g/mol. The highest BCUT2D eigenvalue weighted by molar-refractivity contribution is 5.42. The van der Waals surface area contributed by atoms with Crippen LogP contribution in [0, 0.1) is 0 Å². The van der Waals surface area contributed by atoms with Crippen LogP contribution in [0.2, 0.25) is 0 Å². The second kappa shape index (κ2) is 7.51. The predicted molar refractivity (Wildman–Crippen MR) is 93.1 cm³/mol. The quantitative estimate of drug-likeness (QED) is 0.807. The van der Waals surface area contributed by atoms with Crippen LogP contribution in [-0.4, -0.2) is 31.2 Å². The van der Waals surface area contributed by atoms with Gasteiger partial charge in [0.1, 0.15) is 18.1 Å². The number of benzene rings is 2. The molecule has 1 aliphatic rings. The Bertz CT molecular complexity index is 627. The molecule has 3 nitrogen and oxygen atoms in total. The molecule has 1 heterocycles. The first kappa shape index (κ1) is 15.9. The second-order valence-electron chi connectivity index (χ2n) is 6.10. The maximum atomic E-state index is 6.02. The zero-order valence-corrected chi connectivity index (χ0v) is 14.0. The molecule has 0 saturated heterocycles. The van der Waals surface area contributed by atoms with Crippen molar-refractivity contribution in [1.82, 2.24) is 4.90 Å². The molecule has 0 amide bonds. The lowest BCUT2D eigenvalue weighted by atomic mass is 10.0. The SMILES string of the molecule is CCCN(Cc1ccccc1)[C@@H]1COc2cc(OC)ccc2C1. The molecule has 23 heavy (non-hydrogen) atoms. The third kappa shape index (κ3) is 3.85. The fraction of sp³-hybridized carbons (Fsp3) is 0.400. The monoisotopic (exact) mass is 311 g/mol. The highest BCUT2D eigenvalue weighted by atomic mass is 16.5. The van der Waals surface area contributed by atoms with E-state index in [0.29, 0.717) is 6.04 Å². The Morgan fingerprint density at radius 2 is 2.00 bits per heavy atom. The number of nitrogens with zero attached hydrogens (tertiary/aromatic N) is 1. The first-order valence-electron chi connectivity index (χ1n) is 8.38. The van der Waals surface area contributed by atoms with Gasteiger partial charge < -0.3 is 9.47 Å². The fourth-order valence-corrected chi connectivity index (χ4v) is 3.19. The first-order valence-corrected chi connectivity index (χ1v) is 8.38. The molecule has 0 saturated carbocycles. The zero-order valence-electron chi connectivity index (χ0n) is 14.0. The van der Waals surface area contributed by atoms with Gasteiger partial charge in [0.2, 0.25) is 0 Å². The number of hydrogen-bond donors (Lipinski definition) is 0. The normalized spacial score (nSPS) is 16.7. The van der Waals surface area contributed by atoms with Gasteiger partial charge in [0.25, 0.3) is 0 Å². The Morgan fingerprint density at radius 1 is 1.17 bits per heavy atom. The molecule has 0 radical (unpaired) electrons. The van der Waals surface area contributed by atoms with Crippen molar-refractivity contribution in [2.24, 2.45) is 0 Å². The Morgan fingerprint density at radius 3 is 2.74 bits per heavy atom. The van der Waals surface area contributed by atoms with Gasteiger partial charge in [0.15, 0.2) is 0 Å². The largest absolute Gasteiger partial charge is 0.497 e. The van der Waals surface area contributed by atoms with Crippen molar-refractivity contribution >= 4 is 0 Å². The summed E-state index contributed by atoms with van der Waals surface area (Å²) < 4.78 is 11.3. The van der Waals surface area contributed by atoms with Gasteiger partial charge in [-0.15, -0.1) is 0 Å². The molecule has 0 aromatic heterocycles. The smallest absolute Gasteiger partial charge is 0.126 e. The maximum absolute atomic E-state index is 6.02. The Hall–Kier alpha value is -2.00. The summed E-state index contributed by atoms with van der Waals surface area (Å²) in [5.74, 6) is 1.83. The minimum absolute atomic E-state index is 0.427. The standard InChI is InChI=1S/C20H25NO2/c1-3-11-21(14-16-7-5-4-6-8-16)18-12-17-9-10-19(22-2)13-20(17)23-15-18/h4-10,13,18H,3,11-12,14-15H2,1-2H3/t18-/m0/s1. The highest BCUT2D eigenvalue weighted by Crippen LogP contribution is 2.30. The van der Waals surface area contributed by atoms with Crippen molar-refractivity contribution in [3.8, 4) is 11.5 Å². The molecule has 1 aliphatic heterocycles. The Balaban J connectivity index is 1.73. The van der Waals surface area contributed by atoms with Crippen molar-refractivity contribution in [2.45, 2.75) is 32.4 Å². The van der Waals surface area contributed by atoms with E-state index in [2.05, 4.69) is 48.2 Å². The summed E-state index contributed by atoms with van der Waals surface area (Å²) in [6, 6.07) is 17.3. The van der Waals surface area contributed by atoms with Crippen molar-refractivity contribution in [3.63, 3.8) is 0 Å². The molecule has 0 fully saturated rings. The van der Waals surface area contributed by atoms with E-state index in [1.807, 2.05) is 12.1 Å². The zero-order chi connectivity index (χ0) is 16.1. The topological polar surface area (TPSA) is 21.7 Å². The Labute approximate surface area is 138 Å². The van der Waals surface area contributed by atoms with E-state index < -0.39 is 0 Å². The molecule has 0 N–H and O–H groups in total. The van der Waals surface area contributed by atoms with Gasteiger partial charge in [-0.3, -0.25) is 4.90 Å². The molecule has 0 bridgehead atoms. The molecule has 1 atom stereocenters. The molecular formula is C20H25NO2. The molecule has 122 valence electrons. The summed E-state index contributed by atoms with van der Waals surface area (Å²) in [6.07, 6.45) is 2.19. The van der Waals surface area contributed by atoms with Crippen LogP contribution in [0.1, 0.15) is 24.5 Å². The summed E-state index contributed by atoms with van der Waals surface area (Å²) in [6.45, 7) is 5.05. The second-order valence-corrected chi connectivity index (χ2v) is 6.10. The minimum atomic E-state index is 0.427. The third-order valence-corrected chi connectivity index (χ3v) is 4.42. The lowest BCUT2D eigenvalue weighted by Crippen LogP contribution is -2.43. The summed E-state index contributed by atoms with van der Waals surface area (Å²) in [7, 11) is 1.69. The van der Waals surface area contributed by atoms with E-state index in [1.165, 1.54) is 11.1 Å². The van der Waals surface area contributed by atoms with Crippen LogP contribution < -0.4 is 9.47 Å². The fourth-order valence-electron chi connectivity index (χ4n) is 3.19. The summed E-state index contributed by atoms with van der Waals surface area (Å²) in [5.41, 5.74) is 2.64. The number of methoxy groups -OCH3 is 1. The van der Waals surface area contributed by atoms with Crippen LogP contribution in [0.15, 0.2) is 48.5 Å². The van der Waals surface area contributed by atoms with Gasteiger partial charge in [0.05, 0.1) is 7.11 Å².